The van der Waals surface area contributed by atoms with Crippen molar-refractivity contribution >= 4 is 11.6 Å². The van der Waals surface area contributed by atoms with Gasteiger partial charge in [-0.2, -0.15) is 0 Å². The highest BCUT2D eigenvalue weighted by molar-refractivity contribution is 6.30. The average Bonchev–Trinajstić information content (AvgIpc) is 2.09. The smallest absolute Gasteiger partial charge is 0.141 e. The number of aliphatic hydroxyl groups is 1. The van der Waals surface area contributed by atoms with Gasteiger partial charge >= 0.3 is 0 Å². The van der Waals surface area contributed by atoms with E-state index in [0.717, 1.165) is 0 Å². The predicted octanol–water partition coefficient (Wildman–Crippen LogP) is 3.34. The normalized spacial score (nSPS) is 15.6. The van der Waals surface area contributed by atoms with Crippen molar-refractivity contribution in [3.63, 3.8) is 0 Å². The Labute approximate surface area is 88.5 Å². The summed E-state index contributed by atoms with van der Waals surface area (Å²) in [6.45, 7) is 5.50. The molecule has 0 bridgehead atoms. The summed E-state index contributed by atoms with van der Waals surface area (Å²) in [4.78, 5) is 0. The van der Waals surface area contributed by atoms with Gasteiger partial charge in [0.15, 0.2) is 0 Å². The molecule has 0 saturated heterocycles. The first-order chi connectivity index (χ1) is 6.35. The van der Waals surface area contributed by atoms with Crippen LogP contribution in [0.2, 0.25) is 5.02 Å². The molecule has 3 heteroatoms. The van der Waals surface area contributed by atoms with Crippen LogP contribution in [-0.4, -0.2) is 5.11 Å². The maximum Gasteiger partial charge on any atom is 0.141 e. The van der Waals surface area contributed by atoms with E-state index in [1.807, 2.05) is 13.8 Å². The standard InChI is InChI=1S/C11H14ClFO/c1-7(2)11(3,14)8-4-5-10(13)9(12)6-8/h4-7,14H,1-3H3/t11-/m1/s1. The van der Waals surface area contributed by atoms with Crippen molar-refractivity contribution in [1.29, 1.82) is 0 Å². The third-order valence-electron chi connectivity index (χ3n) is 2.63. The van der Waals surface area contributed by atoms with E-state index >= 15 is 0 Å². The Bertz CT molecular complexity index is 334. The number of benzene rings is 1. The summed E-state index contributed by atoms with van der Waals surface area (Å²) in [5.74, 6) is -0.418. The fourth-order valence-corrected chi connectivity index (χ4v) is 1.32. The lowest BCUT2D eigenvalue weighted by Gasteiger charge is -2.28. The fraction of sp³-hybridized carbons (Fsp3) is 0.455. The highest BCUT2D eigenvalue weighted by Crippen LogP contribution is 2.31. The molecular weight excluding hydrogens is 203 g/mol. The van der Waals surface area contributed by atoms with Crippen LogP contribution in [0.4, 0.5) is 4.39 Å². The van der Waals surface area contributed by atoms with Crippen molar-refractivity contribution in [2.45, 2.75) is 26.4 Å². The quantitative estimate of drug-likeness (QED) is 0.804. The van der Waals surface area contributed by atoms with Crippen LogP contribution in [0.15, 0.2) is 18.2 Å². The summed E-state index contributed by atoms with van der Waals surface area (Å²) in [5.41, 5.74) is -0.337. The lowest BCUT2D eigenvalue weighted by atomic mass is 9.85. The van der Waals surface area contributed by atoms with Gasteiger partial charge in [-0.1, -0.05) is 31.5 Å². The second-order valence-corrected chi connectivity index (χ2v) is 4.34. The second-order valence-electron chi connectivity index (χ2n) is 3.93. The summed E-state index contributed by atoms with van der Waals surface area (Å²) in [6.07, 6.45) is 0. The highest BCUT2D eigenvalue weighted by atomic mass is 35.5. The number of rotatable bonds is 2. The maximum absolute atomic E-state index is 12.9. The molecule has 0 aliphatic heterocycles. The van der Waals surface area contributed by atoms with Crippen LogP contribution in [0.5, 0.6) is 0 Å². The summed E-state index contributed by atoms with van der Waals surface area (Å²) in [7, 11) is 0. The van der Waals surface area contributed by atoms with E-state index in [1.54, 1.807) is 13.0 Å². The first-order valence-electron chi connectivity index (χ1n) is 4.53. The van der Waals surface area contributed by atoms with Crippen LogP contribution in [0.3, 0.4) is 0 Å². The lowest BCUT2D eigenvalue weighted by molar-refractivity contribution is 0.00900. The minimum absolute atomic E-state index is 0.0448. The minimum Gasteiger partial charge on any atom is -0.385 e. The van der Waals surface area contributed by atoms with Crippen LogP contribution in [0.1, 0.15) is 26.3 Å². The van der Waals surface area contributed by atoms with E-state index < -0.39 is 11.4 Å². The van der Waals surface area contributed by atoms with Gasteiger partial charge in [-0.15, -0.1) is 0 Å². The summed E-state index contributed by atoms with van der Waals surface area (Å²) >= 11 is 5.64. The third-order valence-corrected chi connectivity index (χ3v) is 2.92. The Morgan fingerprint density at radius 2 is 2.00 bits per heavy atom. The molecular formula is C11H14ClFO. The molecule has 0 saturated carbocycles. The molecule has 0 unspecified atom stereocenters. The zero-order chi connectivity index (χ0) is 10.9. The van der Waals surface area contributed by atoms with Crippen LogP contribution < -0.4 is 0 Å². The first kappa shape index (κ1) is 11.5. The molecule has 14 heavy (non-hydrogen) atoms. The van der Waals surface area contributed by atoms with Gasteiger partial charge in [-0.3, -0.25) is 0 Å². The van der Waals surface area contributed by atoms with Gasteiger partial charge < -0.3 is 5.11 Å². The van der Waals surface area contributed by atoms with Crippen molar-refractivity contribution in [3.8, 4) is 0 Å². The van der Waals surface area contributed by atoms with Gasteiger partial charge in [0.1, 0.15) is 5.82 Å². The van der Waals surface area contributed by atoms with Gasteiger partial charge in [0.05, 0.1) is 10.6 Å². The fourth-order valence-electron chi connectivity index (χ4n) is 1.14. The molecule has 1 aromatic rings. The Morgan fingerprint density at radius 3 is 2.43 bits per heavy atom. The molecule has 78 valence electrons. The van der Waals surface area contributed by atoms with Crippen LogP contribution >= 0.6 is 11.6 Å². The topological polar surface area (TPSA) is 20.2 Å². The van der Waals surface area contributed by atoms with Gasteiger partial charge in [0.2, 0.25) is 0 Å². The minimum atomic E-state index is -0.975. The molecule has 0 heterocycles. The van der Waals surface area contributed by atoms with E-state index in [0.29, 0.717) is 5.56 Å². The molecule has 1 N–H and O–H groups in total. The van der Waals surface area contributed by atoms with E-state index in [2.05, 4.69) is 0 Å². The molecule has 0 spiro atoms. The maximum atomic E-state index is 12.9. The molecule has 0 aliphatic rings. The van der Waals surface area contributed by atoms with Gasteiger partial charge in [-0.25, -0.2) is 4.39 Å². The van der Waals surface area contributed by atoms with Gasteiger partial charge in [-0.05, 0) is 30.5 Å². The third kappa shape index (κ3) is 2.07. The molecule has 0 aromatic heterocycles. The number of hydrogen-bond donors (Lipinski definition) is 1. The lowest BCUT2D eigenvalue weighted by Crippen LogP contribution is -2.27. The van der Waals surface area contributed by atoms with E-state index in [-0.39, 0.29) is 10.9 Å². The van der Waals surface area contributed by atoms with Crippen molar-refractivity contribution in [1.82, 2.24) is 0 Å². The molecule has 0 amide bonds. The van der Waals surface area contributed by atoms with Crippen molar-refractivity contribution in [2.24, 2.45) is 5.92 Å². The SMILES string of the molecule is CC(C)[C@@](C)(O)c1ccc(F)c(Cl)c1. The molecule has 1 nitrogen and oxygen atoms in total. The van der Waals surface area contributed by atoms with Crippen molar-refractivity contribution in [3.05, 3.63) is 34.6 Å². The molecule has 1 aromatic carbocycles. The Kier molecular flexibility index (Phi) is 3.17. The Hall–Kier alpha value is -0.600. The monoisotopic (exact) mass is 216 g/mol. The molecule has 1 atom stereocenters. The van der Waals surface area contributed by atoms with E-state index in [9.17, 15) is 9.50 Å². The highest BCUT2D eigenvalue weighted by Gasteiger charge is 2.27. The van der Waals surface area contributed by atoms with Crippen LogP contribution in [-0.2, 0) is 5.60 Å². The van der Waals surface area contributed by atoms with E-state index in [4.69, 9.17) is 11.6 Å². The first-order valence-corrected chi connectivity index (χ1v) is 4.91. The number of halogens is 2. The summed E-state index contributed by atoms with van der Waals surface area (Å²) in [6, 6.07) is 4.30. The molecule has 0 radical (unpaired) electrons. The predicted molar refractivity (Wildman–Crippen MR) is 55.8 cm³/mol. The Balaban J connectivity index is 3.14. The molecule has 1 rings (SSSR count). The summed E-state index contributed by atoms with van der Waals surface area (Å²) in [5, 5.41) is 10.1. The number of hydrogen-bond acceptors (Lipinski definition) is 1. The largest absolute Gasteiger partial charge is 0.385 e. The molecule has 0 aliphatic carbocycles. The zero-order valence-electron chi connectivity index (χ0n) is 8.51. The van der Waals surface area contributed by atoms with Gasteiger partial charge in [0.25, 0.3) is 0 Å². The van der Waals surface area contributed by atoms with Crippen LogP contribution in [0.25, 0.3) is 0 Å². The average molecular weight is 217 g/mol. The van der Waals surface area contributed by atoms with Crippen molar-refractivity contribution < 1.29 is 9.50 Å². The molecule has 0 fully saturated rings. The van der Waals surface area contributed by atoms with Crippen molar-refractivity contribution in [2.75, 3.05) is 0 Å². The van der Waals surface area contributed by atoms with Crippen LogP contribution in [0, 0.1) is 11.7 Å². The summed E-state index contributed by atoms with van der Waals surface area (Å²) < 4.78 is 12.9. The van der Waals surface area contributed by atoms with Gasteiger partial charge in [0, 0.05) is 0 Å². The second kappa shape index (κ2) is 3.87. The Morgan fingerprint density at radius 1 is 1.43 bits per heavy atom. The van der Waals surface area contributed by atoms with E-state index in [1.165, 1.54) is 12.1 Å². The zero-order valence-corrected chi connectivity index (χ0v) is 9.27.